The number of rotatable bonds is 5. The number of benzene rings is 1. The molecule has 0 bridgehead atoms. The largest absolute Gasteiger partial charge is 0.468 e. The van der Waals surface area contributed by atoms with Crippen LogP contribution in [0.25, 0.3) is 0 Å². The van der Waals surface area contributed by atoms with E-state index < -0.39 is 5.82 Å². The van der Waals surface area contributed by atoms with E-state index in [0.29, 0.717) is 12.1 Å². The van der Waals surface area contributed by atoms with E-state index in [1.54, 1.807) is 6.07 Å². The van der Waals surface area contributed by atoms with Gasteiger partial charge in [0.25, 0.3) is 0 Å². The summed E-state index contributed by atoms with van der Waals surface area (Å²) in [7, 11) is 1.33. The highest BCUT2D eigenvalue weighted by atomic mass is 19.1. The number of hydrogen-bond donors (Lipinski definition) is 0. The number of hydrogen-bond acceptors (Lipinski definition) is 4. The molecule has 0 fully saturated rings. The summed E-state index contributed by atoms with van der Waals surface area (Å²) < 4.78 is 17.7. The fraction of sp³-hybridized carbons (Fsp3) is 0.429. The number of nitrogens with zero attached hydrogens (tertiary/aromatic N) is 2. The number of methoxy groups -OCH3 is 1. The maximum atomic E-state index is 13.1. The third-order valence-electron chi connectivity index (χ3n) is 2.86. The first-order valence-corrected chi connectivity index (χ1v) is 5.97. The molecule has 0 N–H and O–H groups in total. The van der Waals surface area contributed by atoms with E-state index in [1.165, 1.54) is 19.2 Å². The first-order chi connectivity index (χ1) is 8.97. The summed E-state index contributed by atoms with van der Waals surface area (Å²) in [6, 6.07) is 6.15. The van der Waals surface area contributed by atoms with Crippen molar-refractivity contribution in [2.45, 2.75) is 26.4 Å². The fourth-order valence-electron chi connectivity index (χ4n) is 1.66. The molecule has 0 saturated carbocycles. The molecule has 0 aromatic heterocycles. The molecule has 0 aliphatic rings. The topological polar surface area (TPSA) is 53.3 Å². The minimum Gasteiger partial charge on any atom is -0.468 e. The van der Waals surface area contributed by atoms with E-state index in [2.05, 4.69) is 4.74 Å². The molecule has 0 saturated heterocycles. The Morgan fingerprint density at radius 2 is 2.21 bits per heavy atom. The molecule has 1 aromatic rings. The van der Waals surface area contributed by atoms with Crippen LogP contribution in [-0.2, 0) is 16.1 Å². The Morgan fingerprint density at radius 3 is 2.74 bits per heavy atom. The molecule has 0 spiro atoms. The quantitative estimate of drug-likeness (QED) is 0.764. The molecule has 0 heterocycles. The van der Waals surface area contributed by atoms with Gasteiger partial charge in [-0.15, -0.1) is 0 Å². The van der Waals surface area contributed by atoms with Crippen molar-refractivity contribution >= 4 is 5.97 Å². The Labute approximate surface area is 112 Å². The van der Waals surface area contributed by atoms with Gasteiger partial charge in [0.15, 0.2) is 0 Å². The Balaban J connectivity index is 2.91. The van der Waals surface area contributed by atoms with Gasteiger partial charge in [-0.1, -0.05) is 6.07 Å². The minimum atomic E-state index is -0.440. The van der Waals surface area contributed by atoms with Crippen LogP contribution in [-0.4, -0.2) is 30.6 Å². The van der Waals surface area contributed by atoms with Crippen molar-refractivity contribution < 1.29 is 13.9 Å². The maximum absolute atomic E-state index is 13.1. The van der Waals surface area contributed by atoms with Crippen molar-refractivity contribution in [1.29, 1.82) is 5.26 Å². The van der Waals surface area contributed by atoms with Gasteiger partial charge in [-0.25, -0.2) is 4.39 Å². The zero-order chi connectivity index (χ0) is 14.4. The highest BCUT2D eigenvalue weighted by Crippen LogP contribution is 2.14. The summed E-state index contributed by atoms with van der Waals surface area (Å²) in [4.78, 5) is 13.2. The van der Waals surface area contributed by atoms with Gasteiger partial charge in [-0.2, -0.15) is 5.26 Å². The first kappa shape index (κ1) is 15.1. The van der Waals surface area contributed by atoms with Crippen LogP contribution in [0.15, 0.2) is 18.2 Å². The van der Waals surface area contributed by atoms with Crippen molar-refractivity contribution in [2.75, 3.05) is 13.7 Å². The van der Waals surface area contributed by atoms with Crippen LogP contribution < -0.4 is 0 Å². The number of halogens is 1. The molecule has 0 unspecified atom stereocenters. The summed E-state index contributed by atoms with van der Waals surface area (Å²) in [5, 5.41) is 9.00. The lowest BCUT2D eigenvalue weighted by molar-refractivity contribution is -0.142. The average Bonchev–Trinajstić information content (AvgIpc) is 2.39. The predicted octanol–water partition coefficient (Wildman–Crippen LogP) is 2.08. The Kier molecular flexibility index (Phi) is 5.46. The highest BCUT2D eigenvalue weighted by Gasteiger charge is 2.16. The second-order valence-corrected chi connectivity index (χ2v) is 4.49. The predicted molar refractivity (Wildman–Crippen MR) is 68.7 cm³/mol. The number of carbonyl (C=O) groups is 1. The molecule has 19 heavy (non-hydrogen) atoms. The van der Waals surface area contributed by atoms with Gasteiger partial charge in [0.05, 0.1) is 25.3 Å². The molecule has 0 atom stereocenters. The highest BCUT2D eigenvalue weighted by molar-refractivity contribution is 5.71. The second kappa shape index (κ2) is 6.86. The van der Waals surface area contributed by atoms with Crippen molar-refractivity contribution in [1.82, 2.24) is 4.90 Å². The van der Waals surface area contributed by atoms with Crippen LogP contribution >= 0.6 is 0 Å². The Bertz CT molecular complexity index is 495. The normalized spacial score (nSPS) is 10.6. The van der Waals surface area contributed by atoms with Gasteiger partial charge in [0.1, 0.15) is 5.82 Å². The summed E-state index contributed by atoms with van der Waals surface area (Å²) in [5.74, 6) is -0.779. The van der Waals surface area contributed by atoms with Crippen molar-refractivity contribution in [3.05, 3.63) is 35.1 Å². The molecular formula is C14H17FN2O2. The standard InChI is InChI=1S/C14H17FN2O2/c1-10(2)17(9-14(18)19-3)8-11-4-5-13(15)6-12(11)7-16/h4-6,10H,8-9H2,1-3H3. The third kappa shape index (κ3) is 4.34. The first-order valence-electron chi connectivity index (χ1n) is 5.97. The van der Waals surface area contributed by atoms with Crippen molar-refractivity contribution in [2.24, 2.45) is 0 Å². The number of ether oxygens (including phenoxy) is 1. The van der Waals surface area contributed by atoms with Crippen molar-refractivity contribution in [3.63, 3.8) is 0 Å². The molecule has 4 nitrogen and oxygen atoms in total. The lowest BCUT2D eigenvalue weighted by Gasteiger charge is -2.25. The van der Waals surface area contributed by atoms with E-state index in [4.69, 9.17) is 5.26 Å². The van der Waals surface area contributed by atoms with Gasteiger partial charge in [-0.3, -0.25) is 9.69 Å². The van der Waals surface area contributed by atoms with Crippen LogP contribution in [0.1, 0.15) is 25.0 Å². The molecule has 5 heteroatoms. The summed E-state index contributed by atoms with van der Waals surface area (Å²) in [5.41, 5.74) is 0.983. The maximum Gasteiger partial charge on any atom is 0.319 e. The number of carbonyl (C=O) groups excluding carboxylic acids is 1. The molecule has 0 aliphatic heterocycles. The van der Waals surface area contributed by atoms with Crippen LogP contribution in [0, 0.1) is 17.1 Å². The number of esters is 1. The van der Waals surface area contributed by atoms with E-state index in [-0.39, 0.29) is 24.1 Å². The molecule has 1 aromatic carbocycles. The van der Waals surface area contributed by atoms with Crippen LogP contribution in [0.4, 0.5) is 4.39 Å². The summed E-state index contributed by atoms with van der Waals surface area (Å²) in [6.07, 6.45) is 0. The van der Waals surface area contributed by atoms with E-state index in [9.17, 15) is 9.18 Å². The SMILES string of the molecule is COC(=O)CN(Cc1ccc(F)cc1C#N)C(C)C. The van der Waals surface area contributed by atoms with E-state index >= 15 is 0 Å². The molecule has 0 aliphatic carbocycles. The van der Waals surface area contributed by atoms with Crippen molar-refractivity contribution in [3.8, 4) is 6.07 Å². The van der Waals surface area contributed by atoms with Gasteiger partial charge in [0, 0.05) is 12.6 Å². The monoisotopic (exact) mass is 264 g/mol. The Morgan fingerprint density at radius 1 is 1.53 bits per heavy atom. The third-order valence-corrected chi connectivity index (χ3v) is 2.86. The average molecular weight is 264 g/mol. The van der Waals surface area contributed by atoms with E-state index in [1.807, 2.05) is 24.8 Å². The fourth-order valence-corrected chi connectivity index (χ4v) is 1.66. The summed E-state index contributed by atoms with van der Waals surface area (Å²) >= 11 is 0. The molecule has 0 radical (unpaired) electrons. The molecule has 102 valence electrons. The summed E-state index contributed by atoms with van der Waals surface area (Å²) in [6.45, 7) is 4.42. The molecular weight excluding hydrogens is 247 g/mol. The lowest BCUT2D eigenvalue weighted by Crippen LogP contribution is -2.35. The minimum absolute atomic E-state index is 0.107. The van der Waals surface area contributed by atoms with Crippen LogP contribution in [0.3, 0.4) is 0 Å². The molecule has 1 rings (SSSR count). The van der Waals surface area contributed by atoms with Gasteiger partial charge in [-0.05, 0) is 31.5 Å². The zero-order valence-corrected chi connectivity index (χ0v) is 11.3. The molecule has 0 amide bonds. The van der Waals surface area contributed by atoms with Gasteiger partial charge >= 0.3 is 5.97 Å². The second-order valence-electron chi connectivity index (χ2n) is 4.49. The lowest BCUT2D eigenvalue weighted by atomic mass is 10.1. The van der Waals surface area contributed by atoms with Crippen LogP contribution in [0.5, 0.6) is 0 Å². The van der Waals surface area contributed by atoms with Crippen LogP contribution in [0.2, 0.25) is 0 Å². The van der Waals surface area contributed by atoms with E-state index in [0.717, 1.165) is 0 Å². The zero-order valence-electron chi connectivity index (χ0n) is 11.3. The van der Waals surface area contributed by atoms with Gasteiger partial charge in [0.2, 0.25) is 0 Å². The smallest absolute Gasteiger partial charge is 0.319 e. The number of nitriles is 1. The Hall–Kier alpha value is -1.93. The van der Waals surface area contributed by atoms with Gasteiger partial charge < -0.3 is 4.74 Å².